The highest BCUT2D eigenvalue weighted by Crippen LogP contribution is 2.31. The third-order valence-corrected chi connectivity index (χ3v) is 4.31. The minimum absolute atomic E-state index is 0.00797. The fourth-order valence-corrected chi connectivity index (χ4v) is 2.74. The summed E-state index contributed by atoms with van der Waals surface area (Å²) in [7, 11) is 0. The molecule has 0 unspecified atom stereocenters. The van der Waals surface area contributed by atoms with Crippen molar-refractivity contribution in [1.29, 1.82) is 0 Å². The number of anilines is 2. The van der Waals surface area contributed by atoms with Crippen molar-refractivity contribution < 1.29 is 14.7 Å². The van der Waals surface area contributed by atoms with E-state index in [1.54, 1.807) is 12.1 Å². The van der Waals surface area contributed by atoms with Crippen LogP contribution in [0.2, 0.25) is 5.02 Å². The lowest BCUT2D eigenvalue weighted by Gasteiger charge is -2.16. The number of amides is 1. The summed E-state index contributed by atoms with van der Waals surface area (Å²) >= 11 is 6.21. The molecule has 0 radical (unpaired) electrons. The van der Waals surface area contributed by atoms with Gasteiger partial charge < -0.3 is 16.2 Å². The number of aromatic carboxylic acids is 1. The van der Waals surface area contributed by atoms with Crippen molar-refractivity contribution in [3.8, 4) is 0 Å². The molecule has 4 N–H and O–H groups in total. The average Bonchev–Trinajstić information content (AvgIpc) is 2.57. The van der Waals surface area contributed by atoms with Crippen molar-refractivity contribution >= 4 is 34.9 Å². The standard InChI is InChI=1S/C19H21ClN2O3/c1-2-3-8-17(23)22-16-10-9-13(19(24)25)18(21)14(16)11-12-6-4-5-7-15(12)20/h4-7,9-10H,2-3,8,11,21H2,1H3,(H,22,23)(H,24,25). The molecule has 0 saturated carbocycles. The number of unbranched alkanes of at least 4 members (excludes halogenated alkanes) is 1. The monoisotopic (exact) mass is 360 g/mol. The van der Waals surface area contributed by atoms with Crippen LogP contribution in [-0.2, 0) is 11.2 Å². The molecule has 132 valence electrons. The summed E-state index contributed by atoms with van der Waals surface area (Å²) in [4.78, 5) is 23.5. The number of nitrogens with two attached hydrogens (primary N) is 1. The average molecular weight is 361 g/mol. The number of rotatable bonds is 7. The Labute approximate surface area is 151 Å². The van der Waals surface area contributed by atoms with Gasteiger partial charge in [0.05, 0.1) is 11.3 Å². The third kappa shape index (κ3) is 4.73. The van der Waals surface area contributed by atoms with E-state index < -0.39 is 5.97 Å². The summed E-state index contributed by atoms with van der Waals surface area (Å²) in [6.45, 7) is 2.01. The number of carboxylic acid groups (broad SMARTS) is 1. The van der Waals surface area contributed by atoms with Crippen LogP contribution in [0, 0.1) is 0 Å². The Hall–Kier alpha value is -2.53. The zero-order valence-electron chi connectivity index (χ0n) is 14.0. The second-order valence-electron chi connectivity index (χ2n) is 5.78. The lowest BCUT2D eigenvalue weighted by molar-refractivity contribution is -0.116. The number of nitrogens with one attached hydrogen (secondary N) is 1. The molecule has 0 fully saturated rings. The Morgan fingerprint density at radius 3 is 2.56 bits per heavy atom. The number of carbonyl (C=O) groups excluding carboxylic acids is 1. The molecule has 0 heterocycles. The molecule has 0 bridgehead atoms. The molecule has 2 rings (SSSR count). The van der Waals surface area contributed by atoms with Gasteiger partial charge in [0.25, 0.3) is 0 Å². The third-order valence-electron chi connectivity index (χ3n) is 3.94. The van der Waals surface area contributed by atoms with Crippen molar-refractivity contribution in [2.45, 2.75) is 32.6 Å². The topological polar surface area (TPSA) is 92.4 Å². The molecule has 0 atom stereocenters. The van der Waals surface area contributed by atoms with Crippen LogP contribution in [0.1, 0.15) is 47.7 Å². The molecule has 5 nitrogen and oxygen atoms in total. The maximum Gasteiger partial charge on any atom is 0.337 e. The largest absolute Gasteiger partial charge is 0.478 e. The number of carbonyl (C=O) groups is 2. The molecule has 0 aliphatic heterocycles. The first-order valence-corrected chi connectivity index (χ1v) is 8.49. The Morgan fingerprint density at radius 2 is 1.92 bits per heavy atom. The van der Waals surface area contributed by atoms with Crippen LogP contribution in [0.15, 0.2) is 36.4 Å². The van der Waals surface area contributed by atoms with E-state index in [1.807, 2.05) is 25.1 Å². The lowest BCUT2D eigenvalue weighted by atomic mass is 9.98. The summed E-state index contributed by atoms with van der Waals surface area (Å²) in [6, 6.07) is 10.2. The Bertz CT molecular complexity index is 790. The van der Waals surface area contributed by atoms with E-state index in [2.05, 4.69) is 5.32 Å². The SMILES string of the molecule is CCCCC(=O)Nc1ccc(C(=O)O)c(N)c1Cc1ccccc1Cl. The van der Waals surface area contributed by atoms with Crippen molar-refractivity contribution in [3.63, 3.8) is 0 Å². The van der Waals surface area contributed by atoms with Crippen molar-refractivity contribution in [2.75, 3.05) is 11.1 Å². The predicted molar refractivity (Wildman–Crippen MR) is 100 cm³/mol. The molecule has 0 aliphatic rings. The normalized spacial score (nSPS) is 10.5. The highest BCUT2D eigenvalue weighted by atomic mass is 35.5. The Morgan fingerprint density at radius 1 is 1.20 bits per heavy atom. The molecular formula is C19H21ClN2O3. The van der Waals surface area contributed by atoms with Gasteiger partial charge in [0, 0.05) is 29.1 Å². The Kier molecular flexibility index (Phi) is 6.42. The highest BCUT2D eigenvalue weighted by molar-refractivity contribution is 6.31. The maximum atomic E-state index is 12.1. The van der Waals surface area contributed by atoms with Gasteiger partial charge in [-0.05, 0) is 30.2 Å². The van der Waals surface area contributed by atoms with Crippen LogP contribution in [0.25, 0.3) is 0 Å². The van der Waals surface area contributed by atoms with Crippen molar-refractivity contribution in [3.05, 3.63) is 58.1 Å². The van der Waals surface area contributed by atoms with Gasteiger partial charge in [0.2, 0.25) is 5.91 Å². The van der Waals surface area contributed by atoms with E-state index in [1.165, 1.54) is 6.07 Å². The van der Waals surface area contributed by atoms with Crippen molar-refractivity contribution in [2.24, 2.45) is 0 Å². The number of hydrogen-bond acceptors (Lipinski definition) is 3. The Balaban J connectivity index is 2.41. The highest BCUT2D eigenvalue weighted by Gasteiger charge is 2.18. The van der Waals surface area contributed by atoms with Gasteiger partial charge in [-0.15, -0.1) is 0 Å². The van der Waals surface area contributed by atoms with Crippen LogP contribution in [-0.4, -0.2) is 17.0 Å². The smallest absolute Gasteiger partial charge is 0.337 e. The molecule has 6 heteroatoms. The van der Waals surface area contributed by atoms with Gasteiger partial charge >= 0.3 is 5.97 Å². The number of benzene rings is 2. The molecule has 0 saturated heterocycles. The van der Waals surface area contributed by atoms with Gasteiger partial charge in [0.15, 0.2) is 0 Å². The number of halogens is 1. The van der Waals surface area contributed by atoms with Crippen molar-refractivity contribution in [1.82, 2.24) is 0 Å². The summed E-state index contributed by atoms with van der Waals surface area (Å²) in [5.74, 6) is -1.23. The molecule has 1 amide bonds. The first kappa shape index (κ1) is 18.8. The van der Waals surface area contributed by atoms with Crippen LogP contribution < -0.4 is 11.1 Å². The summed E-state index contributed by atoms with van der Waals surface area (Å²) in [5, 5.41) is 12.7. The van der Waals surface area contributed by atoms with Gasteiger partial charge in [-0.2, -0.15) is 0 Å². The zero-order valence-corrected chi connectivity index (χ0v) is 14.8. The molecule has 2 aromatic rings. The molecule has 25 heavy (non-hydrogen) atoms. The summed E-state index contributed by atoms with van der Waals surface area (Å²) < 4.78 is 0. The first-order valence-electron chi connectivity index (χ1n) is 8.12. The fourth-order valence-electron chi connectivity index (χ4n) is 2.54. The van der Waals surface area contributed by atoms with E-state index in [0.29, 0.717) is 29.1 Å². The van der Waals surface area contributed by atoms with E-state index in [-0.39, 0.29) is 17.2 Å². The van der Waals surface area contributed by atoms with Gasteiger partial charge in [-0.25, -0.2) is 4.79 Å². The minimum Gasteiger partial charge on any atom is -0.478 e. The van der Waals surface area contributed by atoms with Gasteiger partial charge in [-0.1, -0.05) is 43.1 Å². The first-order chi connectivity index (χ1) is 11.9. The maximum absolute atomic E-state index is 12.1. The summed E-state index contributed by atoms with van der Waals surface area (Å²) in [6.07, 6.45) is 2.44. The second-order valence-corrected chi connectivity index (χ2v) is 6.19. The lowest BCUT2D eigenvalue weighted by Crippen LogP contribution is -2.15. The van der Waals surface area contributed by atoms with Crippen LogP contribution in [0.3, 0.4) is 0 Å². The number of nitrogen functional groups attached to an aromatic ring is 1. The van der Waals surface area contributed by atoms with E-state index in [0.717, 1.165) is 18.4 Å². The molecular weight excluding hydrogens is 340 g/mol. The molecule has 0 aromatic heterocycles. The number of hydrogen-bond donors (Lipinski definition) is 3. The van der Waals surface area contributed by atoms with Gasteiger partial charge in [0.1, 0.15) is 0 Å². The van der Waals surface area contributed by atoms with Crippen LogP contribution >= 0.6 is 11.6 Å². The van der Waals surface area contributed by atoms with Gasteiger partial charge in [-0.3, -0.25) is 4.79 Å². The quantitative estimate of drug-likeness (QED) is 0.640. The second kappa shape index (κ2) is 8.53. The van der Waals surface area contributed by atoms with Crippen LogP contribution in [0.4, 0.5) is 11.4 Å². The molecule has 0 spiro atoms. The number of carboxylic acids is 1. The van der Waals surface area contributed by atoms with E-state index in [9.17, 15) is 14.7 Å². The van der Waals surface area contributed by atoms with E-state index >= 15 is 0 Å². The summed E-state index contributed by atoms with van der Waals surface area (Å²) in [5.41, 5.74) is 8.11. The molecule has 2 aromatic carbocycles. The van der Waals surface area contributed by atoms with Crippen LogP contribution in [0.5, 0.6) is 0 Å². The van der Waals surface area contributed by atoms with E-state index in [4.69, 9.17) is 17.3 Å². The fraction of sp³-hybridized carbons (Fsp3) is 0.263. The zero-order chi connectivity index (χ0) is 18.4. The predicted octanol–water partition coefficient (Wildman–Crippen LogP) is 4.34. The molecule has 0 aliphatic carbocycles. The minimum atomic E-state index is -1.11.